The first kappa shape index (κ1) is 21.0. The third-order valence-corrected chi connectivity index (χ3v) is 5.84. The topological polar surface area (TPSA) is 67.9 Å². The number of nitrogens with one attached hydrogen (secondary N) is 1. The maximum absolute atomic E-state index is 13.0. The molecule has 31 heavy (non-hydrogen) atoms. The highest BCUT2D eigenvalue weighted by Crippen LogP contribution is 2.39. The van der Waals surface area contributed by atoms with Gasteiger partial charge in [0, 0.05) is 29.8 Å². The summed E-state index contributed by atoms with van der Waals surface area (Å²) in [5, 5.41) is 2.98. The van der Waals surface area contributed by atoms with Crippen LogP contribution in [-0.4, -0.2) is 43.5 Å². The van der Waals surface area contributed by atoms with E-state index >= 15 is 0 Å². The molecule has 6 heteroatoms. The summed E-state index contributed by atoms with van der Waals surface area (Å²) in [6, 6.07) is 13.3. The zero-order valence-corrected chi connectivity index (χ0v) is 18.0. The second-order valence-electron chi connectivity index (χ2n) is 8.00. The Morgan fingerprint density at radius 1 is 1.03 bits per heavy atom. The van der Waals surface area contributed by atoms with Gasteiger partial charge in [-0.3, -0.25) is 9.59 Å². The first-order valence-corrected chi connectivity index (χ1v) is 10.7. The van der Waals surface area contributed by atoms with Gasteiger partial charge in [-0.25, -0.2) is 0 Å². The summed E-state index contributed by atoms with van der Waals surface area (Å²) in [5.74, 6) is 1.43. The molecule has 2 amide bonds. The van der Waals surface area contributed by atoms with Gasteiger partial charge < -0.3 is 19.7 Å². The number of rotatable bonds is 7. The summed E-state index contributed by atoms with van der Waals surface area (Å²) in [4.78, 5) is 26.9. The number of nitrogens with zero attached hydrogens (tertiary/aromatic N) is 1. The van der Waals surface area contributed by atoms with Crippen LogP contribution in [0.1, 0.15) is 53.2 Å². The van der Waals surface area contributed by atoms with Crippen molar-refractivity contribution < 1.29 is 19.1 Å². The molecule has 2 aliphatic rings. The van der Waals surface area contributed by atoms with Gasteiger partial charge in [0.1, 0.15) is 11.5 Å². The zero-order chi connectivity index (χ0) is 21.8. The lowest BCUT2D eigenvalue weighted by Crippen LogP contribution is -2.29. The van der Waals surface area contributed by atoms with Crippen molar-refractivity contribution >= 4 is 17.9 Å². The quantitative estimate of drug-likeness (QED) is 0.688. The van der Waals surface area contributed by atoms with E-state index in [9.17, 15) is 9.59 Å². The minimum atomic E-state index is -0.0457. The summed E-state index contributed by atoms with van der Waals surface area (Å²) in [6.45, 7) is 0.703. The summed E-state index contributed by atoms with van der Waals surface area (Å²) in [5.41, 5.74) is 2.48. The Hall–Kier alpha value is -3.28. The molecule has 1 N–H and O–H groups in total. The number of hydrogen-bond donors (Lipinski definition) is 1. The summed E-state index contributed by atoms with van der Waals surface area (Å²) in [6.07, 6.45) is 7.35. The van der Waals surface area contributed by atoms with Crippen LogP contribution in [0.5, 0.6) is 11.5 Å². The second-order valence-corrected chi connectivity index (χ2v) is 8.00. The summed E-state index contributed by atoms with van der Waals surface area (Å²) < 4.78 is 10.9. The molecule has 2 aromatic carbocycles. The van der Waals surface area contributed by atoms with Crippen LogP contribution in [0.4, 0.5) is 0 Å². The molecular weight excluding hydrogens is 392 g/mol. The first-order chi connectivity index (χ1) is 15.1. The smallest absolute Gasteiger partial charge is 0.251 e. The first-order valence-electron chi connectivity index (χ1n) is 10.7. The van der Waals surface area contributed by atoms with Gasteiger partial charge in [0.2, 0.25) is 5.91 Å². The van der Waals surface area contributed by atoms with Crippen molar-refractivity contribution in [1.29, 1.82) is 0 Å². The molecule has 2 fully saturated rings. The van der Waals surface area contributed by atoms with Gasteiger partial charge in [-0.1, -0.05) is 12.1 Å². The highest BCUT2D eigenvalue weighted by atomic mass is 16.5. The molecule has 1 atom stereocenters. The molecule has 1 aliphatic carbocycles. The van der Waals surface area contributed by atoms with E-state index in [1.165, 1.54) is 0 Å². The van der Waals surface area contributed by atoms with Gasteiger partial charge in [-0.2, -0.15) is 0 Å². The third-order valence-electron chi connectivity index (χ3n) is 5.84. The van der Waals surface area contributed by atoms with Crippen molar-refractivity contribution in [3.63, 3.8) is 0 Å². The summed E-state index contributed by atoms with van der Waals surface area (Å²) >= 11 is 0. The number of amides is 2. The number of benzene rings is 2. The largest absolute Gasteiger partial charge is 0.497 e. The van der Waals surface area contributed by atoms with Crippen LogP contribution < -0.4 is 14.8 Å². The van der Waals surface area contributed by atoms with Gasteiger partial charge in [-0.15, -0.1) is 0 Å². The van der Waals surface area contributed by atoms with Crippen LogP contribution in [0.15, 0.2) is 48.5 Å². The van der Waals surface area contributed by atoms with Crippen molar-refractivity contribution in [3.8, 4) is 11.5 Å². The van der Waals surface area contributed by atoms with Crippen molar-refractivity contribution in [3.05, 3.63) is 65.2 Å². The Labute approximate surface area is 182 Å². The van der Waals surface area contributed by atoms with Crippen LogP contribution >= 0.6 is 0 Å². The van der Waals surface area contributed by atoms with Crippen LogP contribution in [0.25, 0.3) is 6.08 Å². The van der Waals surface area contributed by atoms with Crippen molar-refractivity contribution in [2.75, 3.05) is 20.8 Å². The Balaban J connectivity index is 1.45. The van der Waals surface area contributed by atoms with E-state index in [2.05, 4.69) is 5.32 Å². The van der Waals surface area contributed by atoms with Crippen LogP contribution in [0.3, 0.4) is 0 Å². The van der Waals surface area contributed by atoms with E-state index in [4.69, 9.17) is 9.47 Å². The molecule has 0 radical (unpaired) electrons. The Bertz CT molecular complexity index is 980. The lowest BCUT2D eigenvalue weighted by Gasteiger charge is -2.25. The van der Waals surface area contributed by atoms with E-state index in [0.29, 0.717) is 18.2 Å². The number of likely N-dealkylation sites (tertiary alicyclic amines) is 1. The van der Waals surface area contributed by atoms with Crippen LogP contribution in [0.2, 0.25) is 0 Å². The van der Waals surface area contributed by atoms with Crippen LogP contribution in [-0.2, 0) is 4.79 Å². The number of hydrogen-bond acceptors (Lipinski definition) is 4. The molecule has 0 spiro atoms. The molecule has 1 aliphatic heterocycles. The van der Waals surface area contributed by atoms with E-state index in [1.807, 2.05) is 35.2 Å². The van der Waals surface area contributed by atoms with Gasteiger partial charge in [0.25, 0.3) is 5.91 Å². The fourth-order valence-electron chi connectivity index (χ4n) is 3.96. The summed E-state index contributed by atoms with van der Waals surface area (Å²) in [7, 11) is 3.27. The standard InChI is InChI=1S/C25H28N2O4/c1-30-20-12-13-23(31-2)21(16-20)22-4-3-15-27(22)24(28)14-7-17-5-8-18(9-6-17)25(29)26-19-10-11-19/h5-9,12-14,16,19,22H,3-4,10-11,15H2,1-2H3,(H,26,29)/b14-7+. The molecule has 2 aromatic rings. The Kier molecular flexibility index (Phi) is 6.26. The van der Waals surface area contributed by atoms with Crippen molar-refractivity contribution in [1.82, 2.24) is 10.2 Å². The lowest BCUT2D eigenvalue weighted by molar-refractivity contribution is -0.126. The predicted molar refractivity (Wildman–Crippen MR) is 119 cm³/mol. The number of carbonyl (C=O) groups is 2. The second kappa shape index (κ2) is 9.25. The van der Waals surface area contributed by atoms with Crippen LogP contribution in [0, 0.1) is 0 Å². The molecule has 0 bridgehead atoms. The van der Waals surface area contributed by atoms with Crippen molar-refractivity contribution in [2.45, 2.75) is 37.8 Å². The molecule has 1 heterocycles. The molecule has 162 valence electrons. The maximum atomic E-state index is 13.0. The van der Waals surface area contributed by atoms with Gasteiger partial charge in [0.15, 0.2) is 0 Å². The normalized spacial score (nSPS) is 18.3. The van der Waals surface area contributed by atoms with Gasteiger partial charge >= 0.3 is 0 Å². The van der Waals surface area contributed by atoms with Gasteiger partial charge in [0.05, 0.1) is 20.3 Å². The number of ether oxygens (including phenoxy) is 2. The minimum absolute atomic E-state index is 0.0390. The highest BCUT2D eigenvalue weighted by Gasteiger charge is 2.31. The fraction of sp³-hybridized carbons (Fsp3) is 0.360. The van der Waals surface area contributed by atoms with Gasteiger partial charge in [-0.05, 0) is 67.7 Å². The molecule has 4 rings (SSSR count). The average Bonchev–Trinajstić information content (AvgIpc) is 3.48. The number of carbonyl (C=O) groups excluding carboxylic acids is 2. The van der Waals surface area contributed by atoms with E-state index < -0.39 is 0 Å². The molecule has 6 nitrogen and oxygen atoms in total. The average molecular weight is 421 g/mol. The molecular formula is C25H28N2O4. The Morgan fingerprint density at radius 2 is 1.81 bits per heavy atom. The van der Waals surface area contributed by atoms with Crippen molar-refractivity contribution in [2.24, 2.45) is 0 Å². The van der Waals surface area contributed by atoms with E-state index in [-0.39, 0.29) is 17.9 Å². The highest BCUT2D eigenvalue weighted by molar-refractivity contribution is 5.95. The SMILES string of the molecule is COc1ccc(OC)c(C2CCCN2C(=O)/C=C/c2ccc(C(=O)NC3CC3)cc2)c1. The predicted octanol–water partition coefficient (Wildman–Crippen LogP) is 3.97. The number of methoxy groups -OCH3 is 2. The minimum Gasteiger partial charge on any atom is -0.497 e. The van der Waals surface area contributed by atoms with E-state index in [1.54, 1.807) is 38.5 Å². The fourth-order valence-corrected chi connectivity index (χ4v) is 3.96. The monoisotopic (exact) mass is 420 g/mol. The molecule has 1 saturated heterocycles. The molecule has 1 unspecified atom stereocenters. The Morgan fingerprint density at radius 3 is 2.48 bits per heavy atom. The lowest BCUT2D eigenvalue weighted by atomic mass is 10.0. The van der Waals surface area contributed by atoms with E-state index in [0.717, 1.165) is 48.3 Å². The molecule has 0 aromatic heterocycles. The third kappa shape index (κ3) is 4.90. The molecule has 1 saturated carbocycles. The zero-order valence-electron chi connectivity index (χ0n) is 18.0. The maximum Gasteiger partial charge on any atom is 0.251 e.